The zero-order valence-electron chi connectivity index (χ0n) is 7.52. The topological polar surface area (TPSA) is 29.1 Å². The molecule has 1 atom stereocenters. The largest absolute Gasteiger partial charge is 0.306 e. The van der Waals surface area contributed by atoms with Crippen LogP contribution in [0, 0.1) is 0 Å². The number of nitrogens with one attached hydrogen (secondary N) is 1. The summed E-state index contributed by atoms with van der Waals surface area (Å²) in [5.74, 6) is 2.36. The summed E-state index contributed by atoms with van der Waals surface area (Å²) in [6, 6.07) is 0.128. The minimum absolute atomic E-state index is 0.128. The van der Waals surface area contributed by atoms with Crippen molar-refractivity contribution in [3.63, 3.8) is 0 Å². The first-order valence-corrected chi connectivity index (χ1v) is 5.28. The molecular weight excluding hydrogens is 158 g/mol. The third-order valence-corrected chi connectivity index (χ3v) is 2.47. The van der Waals surface area contributed by atoms with Gasteiger partial charge in [-0.3, -0.25) is 4.79 Å². The molecule has 11 heavy (non-hydrogen) atoms. The van der Waals surface area contributed by atoms with Gasteiger partial charge in [-0.1, -0.05) is 13.8 Å². The number of carbonyl (C=O) groups is 1. The SMILES string of the molecule is CC.CC(=O)C1CSCCN1. The molecule has 2 nitrogen and oxygen atoms in total. The summed E-state index contributed by atoms with van der Waals surface area (Å²) < 4.78 is 0. The monoisotopic (exact) mass is 175 g/mol. The molecule has 1 unspecified atom stereocenters. The Labute approximate surface area is 73.1 Å². The fourth-order valence-electron chi connectivity index (χ4n) is 0.827. The first-order chi connectivity index (χ1) is 5.30. The normalized spacial score (nSPS) is 23.4. The molecule has 1 fully saturated rings. The Kier molecular flexibility index (Phi) is 6.66. The molecule has 1 aliphatic heterocycles. The van der Waals surface area contributed by atoms with Crippen LogP contribution in [-0.2, 0) is 4.79 Å². The Morgan fingerprint density at radius 3 is 2.45 bits per heavy atom. The Hall–Kier alpha value is -0.0200. The number of rotatable bonds is 1. The molecule has 0 spiro atoms. The second-order valence-electron chi connectivity index (χ2n) is 2.19. The second-order valence-corrected chi connectivity index (χ2v) is 3.34. The lowest BCUT2D eigenvalue weighted by Crippen LogP contribution is -2.42. The van der Waals surface area contributed by atoms with Crippen LogP contribution in [0.5, 0.6) is 0 Å². The van der Waals surface area contributed by atoms with E-state index in [1.807, 2.05) is 25.6 Å². The summed E-state index contributed by atoms with van der Waals surface area (Å²) in [4.78, 5) is 10.7. The minimum atomic E-state index is 0.128. The van der Waals surface area contributed by atoms with Gasteiger partial charge in [0.1, 0.15) is 5.78 Å². The summed E-state index contributed by atoms with van der Waals surface area (Å²) in [7, 11) is 0. The Morgan fingerprint density at radius 1 is 1.55 bits per heavy atom. The summed E-state index contributed by atoms with van der Waals surface area (Å²) in [5.41, 5.74) is 0. The molecule has 1 rings (SSSR count). The summed E-state index contributed by atoms with van der Waals surface area (Å²) in [6.45, 7) is 6.62. The molecule has 0 aromatic heterocycles. The summed E-state index contributed by atoms with van der Waals surface area (Å²) in [5, 5.41) is 3.15. The number of thioether (sulfide) groups is 1. The van der Waals surface area contributed by atoms with Gasteiger partial charge in [-0.15, -0.1) is 0 Å². The van der Waals surface area contributed by atoms with Crippen LogP contribution in [0.1, 0.15) is 20.8 Å². The van der Waals surface area contributed by atoms with Crippen molar-refractivity contribution in [2.75, 3.05) is 18.1 Å². The maximum atomic E-state index is 10.7. The standard InChI is InChI=1S/C6H11NOS.C2H6/c1-5(8)6-4-9-3-2-7-6;1-2/h6-7H,2-4H2,1H3;1-2H3. The fourth-order valence-corrected chi connectivity index (χ4v) is 1.84. The average molecular weight is 175 g/mol. The third kappa shape index (κ3) is 4.43. The van der Waals surface area contributed by atoms with Crippen molar-refractivity contribution in [1.82, 2.24) is 5.32 Å². The molecular formula is C8H17NOS. The van der Waals surface area contributed by atoms with E-state index in [2.05, 4.69) is 5.32 Å². The zero-order chi connectivity index (χ0) is 8.69. The molecule has 1 aliphatic rings. The van der Waals surface area contributed by atoms with Crippen LogP contribution in [-0.4, -0.2) is 29.9 Å². The average Bonchev–Trinajstić information content (AvgIpc) is 2.10. The molecule has 0 aromatic carbocycles. The number of Topliss-reactive ketones (excluding diaryl/α,β-unsaturated/α-hetero) is 1. The van der Waals surface area contributed by atoms with Crippen LogP contribution in [0.25, 0.3) is 0 Å². The molecule has 0 radical (unpaired) electrons. The highest BCUT2D eigenvalue weighted by Crippen LogP contribution is 2.07. The predicted molar refractivity (Wildman–Crippen MR) is 51.1 cm³/mol. The quantitative estimate of drug-likeness (QED) is 0.651. The smallest absolute Gasteiger partial charge is 0.147 e. The third-order valence-electron chi connectivity index (χ3n) is 1.41. The molecule has 1 heterocycles. The van der Waals surface area contributed by atoms with E-state index < -0.39 is 0 Å². The van der Waals surface area contributed by atoms with E-state index in [0.717, 1.165) is 18.1 Å². The van der Waals surface area contributed by atoms with Gasteiger partial charge in [0, 0.05) is 18.1 Å². The van der Waals surface area contributed by atoms with E-state index >= 15 is 0 Å². The van der Waals surface area contributed by atoms with Gasteiger partial charge in [0.2, 0.25) is 0 Å². The van der Waals surface area contributed by atoms with E-state index in [9.17, 15) is 4.79 Å². The van der Waals surface area contributed by atoms with Crippen LogP contribution in [0.15, 0.2) is 0 Å². The predicted octanol–water partition coefficient (Wildman–Crippen LogP) is 1.31. The minimum Gasteiger partial charge on any atom is -0.306 e. The fraction of sp³-hybridized carbons (Fsp3) is 0.875. The molecule has 1 saturated heterocycles. The number of hydrogen-bond donors (Lipinski definition) is 1. The lowest BCUT2D eigenvalue weighted by Gasteiger charge is -2.19. The van der Waals surface area contributed by atoms with Gasteiger partial charge >= 0.3 is 0 Å². The summed E-state index contributed by atoms with van der Waals surface area (Å²) in [6.07, 6.45) is 0. The van der Waals surface area contributed by atoms with Gasteiger partial charge < -0.3 is 5.32 Å². The van der Waals surface area contributed by atoms with E-state index in [-0.39, 0.29) is 11.8 Å². The lowest BCUT2D eigenvalue weighted by atomic mass is 10.2. The van der Waals surface area contributed by atoms with Crippen LogP contribution in [0.2, 0.25) is 0 Å². The Morgan fingerprint density at radius 2 is 2.18 bits per heavy atom. The van der Waals surface area contributed by atoms with Gasteiger partial charge in [-0.05, 0) is 6.92 Å². The molecule has 1 N–H and O–H groups in total. The Bertz CT molecular complexity index is 111. The highest BCUT2D eigenvalue weighted by atomic mass is 32.2. The molecule has 0 saturated carbocycles. The second kappa shape index (κ2) is 6.68. The van der Waals surface area contributed by atoms with Crippen LogP contribution in [0.3, 0.4) is 0 Å². The first kappa shape index (κ1) is 11.0. The van der Waals surface area contributed by atoms with E-state index in [0.29, 0.717) is 0 Å². The summed E-state index contributed by atoms with van der Waals surface area (Å²) >= 11 is 1.85. The maximum Gasteiger partial charge on any atom is 0.147 e. The number of hydrogen-bond acceptors (Lipinski definition) is 3. The molecule has 0 bridgehead atoms. The van der Waals surface area contributed by atoms with Crippen molar-refractivity contribution in [1.29, 1.82) is 0 Å². The van der Waals surface area contributed by atoms with Gasteiger partial charge in [0.25, 0.3) is 0 Å². The molecule has 66 valence electrons. The lowest BCUT2D eigenvalue weighted by molar-refractivity contribution is -0.118. The number of carbonyl (C=O) groups excluding carboxylic acids is 1. The number of ketones is 1. The first-order valence-electron chi connectivity index (χ1n) is 4.12. The van der Waals surface area contributed by atoms with Crippen molar-refractivity contribution in [2.24, 2.45) is 0 Å². The van der Waals surface area contributed by atoms with Crippen molar-refractivity contribution in [2.45, 2.75) is 26.8 Å². The van der Waals surface area contributed by atoms with E-state index in [4.69, 9.17) is 0 Å². The molecule has 0 aromatic rings. The van der Waals surface area contributed by atoms with Crippen molar-refractivity contribution >= 4 is 17.5 Å². The van der Waals surface area contributed by atoms with Gasteiger partial charge in [-0.2, -0.15) is 11.8 Å². The van der Waals surface area contributed by atoms with Crippen LogP contribution in [0.4, 0.5) is 0 Å². The highest BCUT2D eigenvalue weighted by molar-refractivity contribution is 7.99. The van der Waals surface area contributed by atoms with E-state index in [1.165, 1.54) is 0 Å². The zero-order valence-corrected chi connectivity index (χ0v) is 8.33. The van der Waals surface area contributed by atoms with Crippen molar-refractivity contribution in [3.8, 4) is 0 Å². The van der Waals surface area contributed by atoms with Gasteiger partial charge in [0.05, 0.1) is 6.04 Å². The van der Waals surface area contributed by atoms with Gasteiger partial charge in [0.15, 0.2) is 0 Å². The highest BCUT2D eigenvalue weighted by Gasteiger charge is 2.15. The molecule has 0 amide bonds. The van der Waals surface area contributed by atoms with Gasteiger partial charge in [-0.25, -0.2) is 0 Å². The molecule has 0 aliphatic carbocycles. The van der Waals surface area contributed by atoms with Crippen LogP contribution < -0.4 is 5.32 Å². The Balaban J connectivity index is 0.000000461. The molecule has 3 heteroatoms. The van der Waals surface area contributed by atoms with Crippen molar-refractivity contribution in [3.05, 3.63) is 0 Å². The van der Waals surface area contributed by atoms with Crippen molar-refractivity contribution < 1.29 is 4.79 Å². The van der Waals surface area contributed by atoms with Crippen LogP contribution >= 0.6 is 11.8 Å². The van der Waals surface area contributed by atoms with E-state index in [1.54, 1.807) is 6.92 Å². The maximum absolute atomic E-state index is 10.7.